The van der Waals surface area contributed by atoms with Crippen LogP contribution in [0.15, 0.2) is 36.4 Å². The highest BCUT2D eigenvalue weighted by molar-refractivity contribution is 5.90. The van der Waals surface area contributed by atoms with Crippen molar-refractivity contribution in [2.24, 2.45) is 0 Å². The maximum Gasteiger partial charge on any atom is 0.337 e. The molecule has 0 unspecified atom stereocenters. The van der Waals surface area contributed by atoms with Crippen molar-refractivity contribution in [3.05, 3.63) is 42.0 Å². The molecule has 0 spiro atoms. The van der Waals surface area contributed by atoms with Gasteiger partial charge < -0.3 is 15.4 Å². The molecule has 0 atom stereocenters. The molecule has 2 aromatic rings. The average Bonchev–Trinajstić information content (AvgIpc) is 2.55. The van der Waals surface area contributed by atoms with E-state index in [9.17, 15) is 9.59 Å². The third-order valence-electron chi connectivity index (χ3n) is 2.88. The van der Waals surface area contributed by atoms with Gasteiger partial charge in [-0.25, -0.2) is 9.59 Å². The molecule has 0 bridgehead atoms. The standard InChI is InChI=1S/C16H19N5O3/c1-10(2)17-16(23)19-14-8-7-13(20-21-14)18-12-6-4-5-11(9-12)15(22)24-3/h4-10H,1-3H3,(H,18,20)(H2,17,19,21,23). The van der Waals surface area contributed by atoms with Crippen LogP contribution in [0.2, 0.25) is 0 Å². The molecule has 3 N–H and O–H groups in total. The number of benzene rings is 1. The number of hydrogen-bond donors (Lipinski definition) is 3. The normalized spacial score (nSPS) is 10.2. The Bertz CT molecular complexity index is 716. The van der Waals surface area contributed by atoms with Crippen molar-refractivity contribution in [3.8, 4) is 0 Å². The highest BCUT2D eigenvalue weighted by atomic mass is 16.5. The van der Waals surface area contributed by atoms with Crippen LogP contribution in [0.25, 0.3) is 0 Å². The highest BCUT2D eigenvalue weighted by Gasteiger charge is 2.07. The zero-order chi connectivity index (χ0) is 17.5. The molecule has 2 amide bonds. The largest absolute Gasteiger partial charge is 0.465 e. The third kappa shape index (κ3) is 4.94. The van der Waals surface area contributed by atoms with Crippen LogP contribution in [0.1, 0.15) is 24.2 Å². The molecule has 2 rings (SSSR count). The molecular formula is C16H19N5O3. The number of nitrogens with one attached hydrogen (secondary N) is 3. The van der Waals surface area contributed by atoms with Crippen molar-refractivity contribution >= 4 is 29.3 Å². The van der Waals surface area contributed by atoms with Gasteiger partial charge in [-0.15, -0.1) is 10.2 Å². The minimum atomic E-state index is -0.416. The first kappa shape index (κ1) is 17.2. The van der Waals surface area contributed by atoms with Gasteiger partial charge in [-0.2, -0.15) is 0 Å². The Kier molecular flexibility index (Phi) is 5.67. The van der Waals surface area contributed by atoms with Gasteiger partial charge in [0.25, 0.3) is 0 Å². The van der Waals surface area contributed by atoms with Gasteiger partial charge in [0.1, 0.15) is 0 Å². The van der Waals surface area contributed by atoms with Crippen molar-refractivity contribution in [3.63, 3.8) is 0 Å². The Morgan fingerprint density at radius 1 is 1.08 bits per heavy atom. The lowest BCUT2D eigenvalue weighted by Crippen LogP contribution is -2.34. The van der Waals surface area contributed by atoms with Gasteiger partial charge >= 0.3 is 12.0 Å². The molecule has 126 valence electrons. The van der Waals surface area contributed by atoms with E-state index in [1.54, 1.807) is 36.4 Å². The molecule has 24 heavy (non-hydrogen) atoms. The second kappa shape index (κ2) is 7.91. The van der Waals surface area contributed by atoms with Crippen LogP contribution in [0.3, 0.4) is 0 Å². The average molecular weight is 329 g/mol. The lowest BCUT2D eigenvalue weighted by molar-refractivity contribution is 0.0600. The fourth-order valence-corrected chi connectivity index (χ4v) is 1.87. The van der Waals surface area contributed by atoms with Gasteiger partial charge in [-0.3, -0.25) is 5.32 Å². The molecule has 1 aromatic heterocycles. The number of methoxy groups -OCH3 is 1. The molecule has 1 aromatic carbocycles. The second-order valence-corrected chi connectivity index (χ2v) is 5.25. The van der Waals surface area contributed by atoms with Crippen LogP contribution >= 0.6 is 0 Å². The van der Waals surface area contributed by atoms with Gasteiger partial charge in [-0.05, 0) is 44.2 Å². The Morgan fingerprint density at radius 3 is 2.42 bits per heavy atom. The first-order valence-electron chi connectivity index (χ1n) is 7.34. The topological polar surface area (TPSA) is 105 Å². The van der Waals surface area contributed by atoms with Gasteiger partial charge in [-0.1, -0.05) is 6.07 Å². The summed E-state index contributed by atoms with van der Waals surface area (Å²) in [5.74, 6) is 0.397. The molecule has 8 heteroatoms. The number of amides is 2. The minimum absolute atomic E-state index is 0.0287. The molecule has 0 saturated heterocycles. The van der Waals surface area contributed by atoms with E-state index >= 15 is 0 Å². The highest BCUT2D eigenvalue weighted by Crippen LogP contribution is 2.17. The first-order chi connectivity index (χ1) is 11.5. The van der Waals surface area contributed by atoms with Crippen LogP contribution < -0.4 is 16.0 Å². The fourth-order valence-electron chi connectivity index (χ4n) is 1.87. The molecule has 0 saturated carbocycles. The second-order valence-electron chi connectivity index (χ2n) is 5.25. The van der Waals surface area contributed by atoms with E-state index in [-0.39, 0.29) is 12.1 Å². The maximum atomic E-state index is 11.6. The zero-order valence-corrected chi connectivity index (χ0v) is 13.7. The Balaban J connectivity index is 2.01. The van der Waals surface area contributed by atoms with E-state index in [4.69, 9.17) is 0 Å². The quantitative estimate of drug-likeness (QED) is 0.728. The van der Waals surface area contributed by atoms with Gasteiger partial charge in [0, 0.05) is 11.7 Å². The smallest absolute Gasteiger partial charge is 0.337 e. The summed E-state index contributed by atoms with van der Waals surface area (Å²) >= 11 is 0. The van der Waals surface area contributed by atoms with Gasteiger partial charge in [0.15, 0.2) is 11.6 Å². The molecule has 0 radical (unpaired) electrons. The third-order valence-corrected chi connectivity index (χ3v) is 2.88. The summed E-state index contributed by atoms with van der Waals surface area (Å²) in [6.45, 7) is 3.72. The maximum absolute atomic E-state index is 11.6. The van der Waals surface area contributed by atoms with Gasteiger partial charge in [0.2, 0.25) is 0 Å². The van der Waals surface area contributed by atoms with Gasteiger partial charge in [0.05, 0.1) is 12.7 Å². The van der Waals surface area contributed by atoms with Crippen LogP contribution in [-0.4, -0.2) is 35.3 Å². The number of urea groups is 1. The van der Waals surface area contributed by atoms with E-state index in [2.05, 4.69) is 30.9 Å². The summed E-state index contributed by atoms with van der Waals surface area (Å²) in [5.41, 5.74) is 1.10. The van der Waals surface area contributed by atoms with Crippen molar-refractivity contribution in [2.75, 3.05) is 17.7 Å². The lowest BCUT2D eigenvalue weighted by Gasteiger charge is -2.10. The van der Waals surface area contributed by atoms with Crippen LogP contribution in [-0.2, 0) is 4.74 Å². The Labute approximate surface area is 139 Å². The number of aromatic nitrogens is 2. The summed E-state index contributed by atoms with van der Waals surface area (Å²) in [4.78, 5) is 23.1. The van der Waals surface area contributed by atoms with E-state index in [1.165, 1.54) is 7.11 Å². The lowest BCUT2D eigenvalue weighted by atomic mass is 10.2. The summed E-state index contributed by atoms with van der Waals surface area (Å²) in [6, 6.07) is 9.80. The van der Waals surface area contributed by atoms with Crippen LogP contribution in [0, 0.1) is 0 Å². The van der Waals surface area contributed by atoms with E-state index < -0.39 is 5.97 Å². The molecule has 8 nitrogen and oxygen atoms in total. The summed E-state index contributed by atoms with van der Waals surface area (Å²) in [5, 5.41) is 16.2. The monoisotopic (exact) mass is 329 g/mol. The zero-order valence-electron chi connectivity index (χ0n) is 13.7. The number of carbonyl (C=O) groups is 2. The Morgan fingerprint density at radius 2 is 1.79 bits per heavy atom. The SMILES string of the molecule is COC(=O)c1cccc(Nc2ccc(NC(=O)NC(C)C)nn2)c1. The van der Waals surface area contributed by atoms with E-state index in [0.29, 0.717) is 22.9 Å². The molecule has 0 aliphatic carbocycles. The van der Waals surface area contributed by atoms with Crippen molar-refractivity contribution < 1.29 is 14.3 Å². The number of esters is 1. The summed E-state index contributed by atoms with van der Waals surface area (Å²) in [7, 11) is 1.33. The van der Waals surface area contributed by atoms with E-state index in [0.717, 1.165) is 0 Å². The van der Waals surface area contributed by atoms with Crippen molar-refractivity contribution in [1.29, 1.82) is 0 Å². The van der Waals surface area contributed by atoms with Crippen molar-refractivity contribution in [2.45, 2.75) is 19.9 Å². The number of carbonyl (C=O) groups excluding carboxylic acids is 2. The minimum Gasteiger partial charge on any atom is -0.465 e. The predicted octanol–water partition coefficient (Wildman–Crippen LogP) is 2.54. The van der Waals surface area contributed by atoms with Crippen LogP contribution in [0.4, 0.5) is 22.1 Å². The fraction of sp³-hybridized carbons (Fsp3) is 0.250. The molecule has 0 fully saturated rings. The van der Waals surface area contributed by atoms with Crippen molar-refractivity contribution in [1.82, 2.24) is 15.5 Å². The van der Waals surface area contributed by atoms with Crippen LogP contribution in [0.5, 0.6) is 0 Å². The van der Waals surface area contributed by atoms with E-state index in [1.807, 2.05) is 13.8 Å². The Hall–Kier alpha value is -3.16. The number of nitrogens with zero attached hydrogens (tertiary/aromatic N) is 2. The molecular weight excluding hydrogens is 310 g/mol. The first-order valence-corrected chi connectivity index (χ1v) is 7.34. The number of ether oxygens (including phenoxy) is 1. The molecule has 0 aliphatic rings. The predicted molar refractivity (Wildman–Crippen MR) is 90.4 cm³/mol. The molecule has 1 heterocycles. The number of hydrogen-bond acceptors (Lipinski definition) is 6. The number of anilines is 3. The number of rotatable bonds is 5. The molecule has 0 aliphatic heterocycles. The summed E-state index contributed by atoms with van der Waals surface area (Å²) in [6.07, 6.45) is 0. The summed E-state index contributed by atoms with van der Waals surface area (Å²) < 4.78 is 4.68.